The number of halogens is 9. The Balaban J connectivity index is -0.000000130. The van der Waals surface area contributed by atoms with E-state index in [9.17, 15) is 39.5 Å². The first-order chi connectivity index (χ1) is 9.75. The summed E-state index contributed by atoms with van der Waals surface area (Å²) in [7, 11) is -18.3. The minimum Gasteiger partial charge on any atom is -0.741 e. The van der Waals surface area contributed by atoms with E-state index in [0.29, 0.717) is 0 Å². The summed E-state index contributed by atoms with van der Waals surface area (Å²) in [6.07, 6.45) is 0. The summed E-state index contributed by atoms with van der Waals surface area (Å²) in [6, 6.07) is 0. The van der Waals surface area contributed by atoms with Crippen LogP contribution in [-0.2, 0) is 30.4 Å². The molecule has 0 aliphatic rings. The maximum atomic E-state index is 10.7. The summed E-state index contributed by atoms with van der Waals surface area (Å²) in [4.78, 5) is 0. The summed E-state index contributed by atoms with van der Waals surface area (Å²) in [6.45, 7) is 0. The number of hydrogen-bond acceptors (Lipinski definition) is 9. The Kier molecular flexibility index (Phi) is 13.4. The van der Waals surface area contributed by atoms with Crippen molar-refractivity contribution < 1.29 is 120 Å². The van der Waals surface area contributed by atoms with Crippen LogP contribution in [0.5, 0.6) is 0 Å². The van der Waals surface area contributed by atoms with E-state index in [1.54, 1.807) is 0 Å². The fourth-order valence-electron chi connectivity index (χ4n) is 0. The smallest absolute Gasteiger partial charge is 0.741 e. The summed E-state index contributed by atoms with van der Waals surface area (Å²) in [5, 5.41) is 0. The van der Waals surface area contributed by atoms with Crippen molar-refractivity contribution in [3.8, 4) is 0 Å². The van der Waals surface area contributed by atoms with Gasteiger partial charge in [-0.1, -0.05) is 0 Å². The van der Waals surface area contributed by atoms with E-state index in [-0.39, 0.29) is 41.3 Å². The Labute approximate surface area is 165 Å². The quantitative estimate of drug-likeness (QED) is 0.217. The van der Waals surface area contributed by atoms with Gasteiger partial charge in [-0.05, 0) is 0 Å². The molecule has 0 aromatic carbocycles. The molecule has 0 aromatic rings. The van der Waals surface area contributed by atoms with Gasteiger partial charge in [0.2, 0.25) is 0 Å². The molecule has 0 amide bonds. The van der Waals surface area contributed by atoms with E-state index >= 15 is 0 Å². The van der Waals surface area contributed by atoms with Crippen LogP contribution in [0.3, 0.4) is 0 Å². The van der Waals surface area contributed by atoms with Crippen LogP contribution in [0.4, 0.5) is 39.5 Å². The number of hydrogen-bond donors (Lipinski definition) is 0. The second-order valence-electron chi connectivity index (χ2n) is 2.70. The molecule has 150 valence electrons. The van der Waals surface area contributed by atoms with Crippen molar-refractivity contribution in [2.45, 2.75) is 16.5 Å². The van der Waals surface area contributed by atoms with Crippen LogP contribution in [0.15, 0.2) is 0 Å². The molecule has 0 aliphatic heterocycles. The minimum absolute atomic E-state index is 0. The fourth-order valence-corrected chi connectivity index (χ4v) is 0. The molecule has 0 heterocycles. The van der Waals surface area contributed by atoms with Crippen molar-refractivity contribution in [1.29, 1.82) is 0 Å². The predicted molar refractivity (Wildman–Crippen MR) is 47.3 cm³/mol. The standard InChI is InChI=1S/3CHF3O3S.Pr/c3*2-1(3,4)8(5,6)7;/h3*(H,5,6,7);/q;;;+3/p-3. The topological polar surface area (TPSA) is 172 Å². The summed E-state index contributed by atoms with van der Waals surface area (Å²) < 4.78 is 177. The molecule has 0 radical (unpaired) electrons. The zero-order chi connectivity index (χ0) is 21.0. The second kappa shape index (κ2) is 10.1. The van der Waals surface area contributed by atoms with E-state index in [4.69, 9.17) is 38.9 Å². The van der Waals surface area contributed by atoms with E-state index in [1.807, 2.05) is 0 Å². The largest absolute Gasteiger partial charge is 3.00 e. The Morgan fingerprint density at radius 3 is 0.480 bits per heavy atom. The van der Waals surface area contributed by atoms with Gasteiger partial charge in [0.25, 0.3) is 0 Å². The van der Waals surface area contributed by atoms with Crippen molar-refractivity contribution in [3.63, 3.8) is 0 Å². The van der Waals surface area contributed by atoms with Gasteiger partial charge >= 0.3 is 57.8 Å². The van der Waals surface area contributed by atoms with Crippen molar-refractivity contribution in [2.24, 2.45) is 0 Å². The average Bonchev–Trinajstić information content (AvgIpc) is 2.08. The maximum Gasteiger partial charge on any atom is 3.00 e. The molecule has 0 rings (SSSR count). The van der Waals surface area contributed by atoms with E-state index in [2.05, 4.69) is 0 Å². The first-order valence-corrected chi connectivity index (χ1v) is 8.04. The third-order valence-corrected chi connectivity index (χ3v) is 2.55. The molecule has 22 heteroatoms. The molecule has 0 N–H and O–H groups in total. The van der Waals surface area contributed by atoms with Crippen LogP contribution in [0, 0.1) is 41.3 Å². The van der Waals surface area contributed by atoms with E-state index in [0.717, 1.165) is 0 Å². The number of rotatable bonds is 0. The van der Waals surface area contributed by atoms with Gasteiger partial charge in [0.15, 0.2) is 30.4 Å². The van der Waals surface area contributed by atoms with E-state index in [1.165, 1.54) is 0 Å². The molecular weight excluding hydrogens is 588 g/mol. The van der Waals surface area contributed by atoms with Gasteiger partial charge in [0, 0.05) is 0 Å². The molecule has 0 saturated heterocycles. The van der Waals surface area contributed by atoms with Gasteiger partial charge in [0.05, 0.1) is 0 Å². The van der Waals surface area contributed by atoms with Crippen LogP contribution in [0.2, 0.25) is 0 Å². The molecule has 0 aromatic heterocycles. The molecular formula is C3F9O9PrS3. The third-order valence-electron chi connectivity index (χ3n) is 0.850. The molecule has 0 atom stereocenters. The molecule has 9 nitrogen and oxygen atoms in total. The van der Waals surface area contributed by atoms with Crippen LogP contribution in [0.1, 0.15) is 0 Å². The van der Waals surface area contributed by atoms with Gasteiger partial charge in [-0.25, -0.2) is 25.3 Å². The minimum atomic E-state index is -6.09. The van der Waals surface area contributed by atoms with E-state index < -0.39 is 46.9 Å². The Bertz CT molecular complexity index is 596. The van der Waals surface area contributed by atoms with Gasteiger partial charge in [-0.2, -0.15) is 39.5 Å². The number of alkyl halides is 9. The first kappa shape index (κ1) is 33.1. The summed E-state index contributed by atoms with van der Waals surface area (Å²) in [5.41, 5.74) is -16.9. The molecule has 0 saturated carbocycles. The zero-order valence-electron chi connectivity index (χ0n) is 10.4. The Hall–Kier alpha value is 0.464. The van der Waals surface area contributed by atoms with Gasteiger partial charge in [-0.3, -0.25) is 0 Å². The average molecular weight is 588 g/mol. The fraction of sp³-hybridized carbons (Fsp3) is 1.00. The SMILES string of the molecule is O=S(=O)([O-])C(F)(F)F.O=S(=O)([O-])C(F)(F)F.O=S(=O)([O-])C(F)(F)F.[Pr+3]. The third kappa shape index (κ3) is 16.4. The van der Waals surface area contributed by atoms with Gasteiger partial charge in [0.1, 0.15) is 0 Å². The maximum absolute atomic E-state index is 10.7. The Morgan fingerprint density at radius 1 is 0.440 bits per heavy atom. The second-order valence-corrected chi connectivity index (χ2v) is 6.81. The van der Waals surface area contributed by atoms with Gasteiger partial charge in [-0.15, -0.1) is 0 Å². The van der Waals surface area contributed by atoms with Crippen LogP contribution in [0.25, 0.3) is 0 Å². The van der Waals surface area contributed by atoms with Crippen LogP contribution < -0.4 is 0 Å². The van der Waals surface area contributed by atoms with Crippen LogP contribution in [-0.4, -0.2) is 55.4 Å². The molecule has 25 heavy (non-hydrogen) atoms. The van der Waals surface area contributed by atoms with Crippen molar-refractivity contribution in [2.75, 3.05) is 0 Å². The summed E-state index contributed by atoms with van der Waals surface area (Å²) in [5.74, 6) is 0. The predicted octanol–water partition coefficient (Wildman–Crippen LogP) is 0.154. The molecule has 0 spiro atoms. The normalized spacial score (nSPS) is 13.4. The van der Waals surface area contributed by atoms with Crippen molar-refractivity contribution >= 4 is 30.4 Å². The molecule has 0 aliphatic carbocycles. The molecule has 0 unspecified atom stereocenters. The summed E-state index contributed by atoms with van der Waals surface area (Å²) >= 11 is 0. The monoisotopic (exact) mass is 588 g/mol. The Morgan fingerprint density at radius 2 is 0.480 bits per heavy atom. The van der Waals surface area contributed by atoms with Crippen molar-refractivity contribution in [3.05, 3.63) is 0 Å². The zero-order valence-corrected chi connectivity index (χ0v) is 16.5. The van der Waals surface area contributed by atoms with Gasteiger partial charge < -0.3 is 13.7 Å². The molecule has 0 fully saturated rings. The van der Waals surface area contributed by atoms with Crippen LogP contribution >= 0.6 is 0 Å². The van der Waals surface area contributed by atoms with Crippen molar-refractivity contribution in [1.82, 2.24) is 0 Å². The molecule has 0 bridgehead atoms. The first-order valence-electron chi connectivity index (χ1n) is 3.81.